The third-order valence-corrected chi connectivity index (χ3v) is 2.65. The second kappa shape index (κ2) is 3.72. The number of hydrogen-bond acceptors (Lipinski definition) is 0. The van der Waals surface area contributed by atoms with Gasteiger partial charge in [-0.25, -0.2) is 0 Å². The van der Waals surface area contributed by atoms with Gasteiger partial charge in [-0.15, -0.1) is 0 Å². The van der Waals surface area contributed by atoms with Gasteiger partial charge in [0.05, 0.1) is 0 Å². The first-order valence-electron chi connectivity index (χ1n) is 3.51. The van der Waals surface area contributed by atoms with Crippen LogP contribution in [-0.4, -0.2) is 0 Å². The number of aryl methyl sites for hydroxylation is 1. The predicted octanol–water partition coefficient (Wildman–Crippen LogP) is 4.21. The summed E-state index contributed by atoms with van der Waals surface area (Å²) >= 11 is 6.97. The van der Waals surface area contributed by atoms with Gasteiger partial charge in [-0.2, -0.15) is 0 Å². The first-order valence-corrected chi connectivity index (χ1v) is 5.22. The molecule has 1 rings (SSSR count). The SMILES string of the molecule is Cc1cc(Br)ccc1C(C)Br. The molecule has 0 radical (unpaired) electrons. The fourth-order valence-electron chi connectivity index (χ4n) is 1.09. The third kappa shape index (κ3) is 2.31. The first kappa shape index (κ1) is 9.27. The fraction of sp³-hybridized carbons (Fsp3) is 0.333. The molecule has 0 amide bonds. The molecule has 0 aliphatic heterocycles. The minimum Gasteiger partial charge on any atom is -0.0842 e. The Morgan fingerprint density at radius 1 is 1.36 bits per heavy atom. The molecule has 60 valence electrons. The Labute approximate surface area is 84.3 Å². The van der Waals surface area contributed by atoms with Crippen molar-refractivity contribution in [3.8, 4) is 0 Å². The van der Waals surface area contributed by atoms with E-state index in [0.29, 0.717) is 4.83 Å². The molecule has 1 atom stereocenters. The second-order valence-electron chi connectivity index (χ2n) is 2.62. The van der Waals surface area contributed by atoms with Gasteiger partial charge in [0.2, 0.25) is 0 Å². The molecule has 1 aromatic carbocycles. The Balaban J connectivity index is 3.09. The van der Waals surface area contributed by atoms with E-state index in [1.807, 2.05) is 0 Å². The molecular weight excluding hydrogens is 268 g/mol. The number of benzene rings is 1. The highest BCUT2D eigenvalue weighted by Crippen LogP contribution is 2.26. The Bertz CT molecular complexity index is 254. The zero-order chi connectivity index (χ0) is 8.43. The molecule has 0 saturated heterocycles. The van der Waals surface area contributed by atoms with Gasteiger partial charge in [0, 0.05) is 9.30 Å². The Hall–Kier alpha value is 0.180. The number of rotatable bonds is 1. The lowest BCUT2D eigenvalue weighted by Crippen LogP contribution is -1.87. The van der Waals surface area contributed by atoms with Crippen LogP contribution in [0.25, 0.3) is 0 Å². The molecule has 0 heterocycles. The van der Waals surface area contributed by atoms with Crippen molar-refractivity contribution < 1.29 is 0 Å². The summed E-state index contributed by atoms with van der Waals surface area (Å²) < 4.78 is 1.15. The molecule has 1 unspecified atom stereocenters. The van der Waals surface area contributed by atoms with Crippen molar-refractivity contribution in [3.05, 3.63) is 33.8 Å². The van der Waals surface area contributed by atoms with Gasteiger partial charge < -0.3 is 0 Å². The van der Waals surface area contributed by atoms with Gasteiger partial charge in [0.25, 0.3) is 0 Å². The summed E-state index contributed by atoms with van der Waals surface area (Å²) in [5.41, 5.74) is 2.68. The highest BCUT2D eigenvalue weighted by molar-refractivity contribution is 9.10. The standard InChI is InChI=1S/C9H10Br2/c1-6-5-8(11)3-4-9(6)7(2)10/h3-5,7H,1-2H3. The van der Waals surface area contributed by atoms with E-state index in [1.54, 1.807) is 0 Å². The lowest BCUT2D eigenvalue weighted by atomic mass is 10.1. The van der Waals surface area contributed by atoms with Crippen molar-refractivity contribution in [2.45, 2.75) is 18.7 Å². The van der Waals surface area contributed by atoms with E-state index in [-0.39, 0.29) is 0 Å². The first-order chi connectivity index (χ1) is 5.11. The van der Waals surface area contributed by atoms with Gasteiger partial charge >= 0.3 is 0 Å². The van der Waals surface area contributed by atoms with Gasteiger partial charge in [0.15, 0.2) is 0 Å². The van der Waals surface area contributed by atoms with Crippen molar-refractivity contribution in [2.75, 3.05) is 0 Å². The van der Waals surface area contributed by atoms with E-state index in [4.69, 9.17) is 0 Å². The van der Waals surface area contributed by atoms with E-state index in [1.165, 1.54) is 11.1 Å². The average Bonchev–Trinajstić information content (AvgIpc) is 1.85. The molecular formula is C9H10Br2. The van der Waals surface area contributed by atoms with Crippen LogP contribution in [0.2, 0.25) is 0 Å². The monoisotopic (exact) mass is 276 g/mol. The minimum atomic E-state index is 0.440. The summed E-state index contributed by atoms with van der Waals surface area (Å²) in [7, 11) is 0. The molecule has 1 aromatic rings. The van der Waals surface area contributed by atoms with Crippen LogP contribution in [0.3, 0.4) is 0 Å². The zero-order valence-corrected chi connectivity index (χ0v) is 9.74. The fourth-order valence-corrected chi connectivity index (χ4v) is 2.07. The van der Waals surface area contributed by atoms with Gasteiger partial charge in [-0.3, -0.25) is 0 Å². The van der Waals surface area contributed by atoms with Crippen molar-refractivity contribution in [1.29, 1.82) is 0 Å². The smallest absolute Gasteiger partial charge is 0.0369 e. The number of halogens is 2. The summed E-state index contributed by atoms with van der Waals surface area (Å²) in [6.07, 6.45) is 0. The van der Waals surface area contributed by atoms with Crippen molar-refractivity contribution >= 4 is 31.9 Å². The van der Waals surface area contributed by atoms with Crippen molar-refractivity contribution in [2.24, 2.45) is 0 Å². The summed E-state index contributed by atoms with van der Waals surface area (Å²) in [4.78, 5) is 0.440. The van der Waals surface area contributed by atoms with Gasteiger partial charge in [-0.1, -0.05) is 37.9 Å². The molecule has 0 nitrogen and oxygen atoms in total. The normalized spacial score (nSPS) is 13.1. The Morgan fingerprint density at radius 2 is 2.00 bits per heavy atom. The van der Waals surface area contributed by atoms with E-state index < -0.39 is 0 Å². The molecule has 0 spiro atoms. The van der Waals surface area contributed by atoms with Crippen LogP contribution < -0.4 is 0 Å². The topological polar surface area (TPSA) is 0 Å². The van der Waals surface area contributed by atoms with E-state index >= 15 is 0 Å². The maximum Gasteiger partial charge on any atom is 0.0369 e. The van der Waals surface area contributed by atoms with Crippen LogP contribution in [0.5, 0.6) is 0 Å². The molecule has 0 fully saturated rings. The van der Waals surface area contributed by atoms with Crippen molar-refractivity contribution in [1.82, 2.24) is 0 Å². The second-order valence-corrected chi connectivity index (χ2v) is 4.91. The van der Waals surface area contributed by atoms with Crippen LogP contribution in [0.1, 0.15) is 22.9 Å². The summed E-state index contributed by atoms with van der Waals surface area (Å²) in [6.45, 7) is 4.26. The minimum absolute atomic E-state index is 0.440. The van der Waals surface area contributed by atoms with Gasteiger partial charge in [0.1, 0.15) is 0 Å². The van der Waals surface area contributed by atoms with E-state index in [9.17, 15) is 0 Å². The summed E-state index contributed by atoms with van der Waals surface area (Å²) in [6, 6.07) is 6.34. The maximum absolute atomic E-state index is 3.54. The number of alkyl halides is 1. The lowest BCUT2D eigenvalue weighted by molar-refractivity contribution is 1.09. The molecule has 2 heteroatoms. The quantitative estimate of drug-likeness (QED) is 0.675. The molecule has 0 bridgehead atoms. The Kier molecular flexibility index (Phi) is 3.14. The van der Waals surface area contributed by atoms with Gasteiger partial charge in [-0.05, 0) is 37.1 Å². The molecule has 0 N–H and O–H groups in total. The molecule has 0 aliphatic rings. The molecule has 0 saturated carbocycles. The van der Waals surface area contributed by atoms with Crippen LogP contribution in [0, 0.1) is 6.92 Å². The highest BCUT2D eigenvalue weighted by atomic mass is 79.9. The van der Waals surface area contributed by atoms with Crippen LogP contribution >= 0.6 is 31.9 Å². The maximum atomic E-state index is 3.54. The predicted molar refractivity (Wildman–Crippen MR) is 56.2 cm³/mol. The summed E-state index contributed by atoms with van der Waals surface area (Å²) in [5, 5.41) is 0. The lowest BCUT2D eigenvalue weighted by Gasteiger charge is -2.07. The molecule has 0 aromatic heterocycles. The zero-order valence-electron chi connectivity index (χ0n) is 6.57. The number of hydrogen-bond donors (Lipinski definition) is 0. The Morgan fingerprint density at radius 3 is 2.45 bits per heavy atom. The average molecular weight is 278 g/mol. The largest absolute Gasteiger partial charge is 0.0842 e. The van der Waals surface area contributed by atoms with E-state index in [0.717, 1.165) is 4.47 Å². The summed E-state index contributed by atoms with van der Waals surface area (Å²) in [5.74, 6) is 0. The highest BCUT2D eigenvalue weighted by Gasteiger charge is 2.03. The third-order valence-electron chi connectivity index (χ3n) is 1.66. The molecule has 11 heavy (non-hydrogen) atoms. The van der Waals surface area contributed by atoms with Crippen LogP contribution in [0.15, 0.2) is 22.7 Å². The van der Waals surface area contributed by atoms with Crippen LogP contribution in [-0.2, 0) is 0 Å². The van der Waals surface area contributed by atoms with Crippen LogP contribution in [0.4, 0.5) is 0 Å². The van der Waals surface area contributed by atoms with Crippen molar-refractivity contribution in [3.63, 3.8) is 0 Å². The van der Waals surface area contributed by atoms with E-state index in [2.05, 4.69) is 63.9 Å². The molecule has 0 aliphatic carbocycles.